The Bertz CT molecular complexity index is 531. The Morgan fingerprint density at radius 2 is 1.93 bits per heavy atom. The van der Waals surface area contributed by atoms with Crippen molar-refractivity contribution in [3.05, 3.63) is 40.8 Å². The van der Waals surface area contributed by atoms with Crippen molar-refractivity contribution >= 4 is 11.0 Å². The van der Waals surface area contributed by atoms with Gasteiger partial charge < -0.3 is 9.25 Å². The summed E-state index contributed by atoms with van der Waals surface area (Å²) >= 11 is 0. The molecule has 0 saturated carbocycles. The topological polar surface area (TPSA) is 42.7 Å². The van der Waals surface area contributed by atoms with Gasteiger partial charge in [0.1, 0.15) is 5.58 Å². The van der Waals surface area contributed by atoms with Crippen molar-refractivity contribution in [1.29, 1.82) is 0 Å². The van der Waals surface area contributed by atoms with E-state index in [0.717, 1.165) is 5.39 Å². The van der Waals surface area contributed by atoms with Gasteiger partial charge in [-0.3, -0.25) is 0 Å². The molecule has 78 valence electrons. The molecule has 0 spiro atoms. The van der Waals surface area contributed by atoms with Crippen LogP contribution in [0.4, 0.5) is 0 Å². The Kier molecular flexibility index (Phi) is 2.43. The molecule has 0 unspecified atom stereocenters. The molecule has 4 nitrogen and oxygen atoms in total. The van der Waals surface area contributed by atoms with E-state index < -0.39 is 0 Å². The van der Waals surface area contributed by atoms with E-state index in [1.165, 1.54) is 6.07 Å². The predicted molar refractivity (Wildman–Crippen MR) is 56.8 cm³/mol. The molecular formula is C11H11NO3. The molecule has 2 aromatic rings. The maximum Gasteiger partial charge on any atom is 0.336 e. The number of hydrogen-bond acceptors (Lipinski definition) is 4. The molecule has 0 bridgehead atoms. The quantitative estimate of drug-likeness (QED) is 0.552. The number of hydrogen-bond donors (Lipinski definition) is 0. The highest BCUT2D eigenvalue weighted by atomic mass is 16.7. The van der Waals surface area contributed by atoms with Crippen molar-refractivity contribution in [2.45, 2.75) is 0 Å². The maximum absolute atomic E-state index is 11.0. The Balaban J connectivity index is 2.49. The minimum absolute atomic E-state index is 0.357. The highest BCUT2D eigenvalue weighted by Crippen LogP contribution is 2.19. The highest BCUT2D eigenvalue weighted by molar-refractivity contribution is 5.77. The Morgan fingerprint density at radius 1 is 1.20 bits per heavy atom. The average molecular weight is 205 g/mol. The van der Waals surface area contributed by atoms with Crippen LogP contribution in [0.5, 0.6) is 5.75 Å². The summed E-state index contributed by atoms with van der Waals surface area (Å²) in [5.74, 6) is 0.641. The Labute approximate surface area is 86.6 Å². The van der Waals surface area contributed by atoms with Crippen LogP contribution in [0.3, 0.4) is 0 Å². The molecule has 2 rings (SSSR count). The van der Waals surface area contributed by atoms with E-state index in [9.17, 15) is 4.79 Å². The summed E-state index contributed by atoms with van der Waals surface area (Å²) in [5.41, 5.74) is 0.173. The van der Waals surface area contributed by atoms with Gasteiger partial charge in [0, 0.05) is 31.6 Å². The van der Waals surface area contributed by atoms with Crippen LogP contribution in [0.2, 0.25) is 0 Å². The summed E-state index contributed by atoms with van der Waals surface area (Å²) in [7, 11) is 3.57. The number of nitrogens with zero attached hydrogens (tertiary/aromatic N) is 1. The summed E-state index contributed by atoms with van der Waals surface area (Å²) in [6.07, 6.45) is 0. The second kappa shape index (κ2) is 3.74. The molecule has 0 aliphatic carbocycles. The van der Waals surface area contributed by atoms with E-state index in [-0.39, 0.29) is 5.63 Å². The summed E-state index contributed by atoms with van der Waals surface area (Å²) in [6.45, 7) is 0. The molecule has 1 aromatic carbocycles. The van der Waals surface area contributed by atoms with Crippen molar-refractivity contribution in [2.75, 3.05) is 14.1 Å². The molecule has 0 N–H and O–H groups in total. The normalized spacial score (nSPS) is 10.9. The predicted octanol–water partition coefficient (Wildman–Crippen LogP) is 1.65. The maximum atomic E-state index is 11.0. The van der Waals surface area contributed by atoms with E-state index in [1.807, 2.05) is 12.1 Å². The Morgan fingerprint density at radius 3 is 2.67 bits per heavy atom. The molecular weight excluding hydrogens is 194 g/mol. The minimum atomic E-state index is -0.357. The van der Waals surface area contributed by atoms with E-state index in [0.29, 0.717) is 11.3 Å². The molecule has 0 aliphatic heterocycles. The van der Waals surface area contributed by atoms with Crippen LogP contribution in [0.1, 0.15) is 0 Å². The van der Waals surface area contributed by atoms with Crippen LogP contribution >= 0.6 is 0 Å². The van der Waals surface area contributed by atoms with Gasteiger partial charge in [-0.2, -0.15) is 5.06 Å². The molecule has 0 amide bonds. The number of fused-ring (bicyclic) bond motifs is 1. The summed E-state index contributed by atoms with van der Waals surface area (Å²) in [4.78, 5) is 16.3. The third-order valence-electron chi connectivity index (χ3n) is 1.88. The zero-order valence-electron chi connectivity index (χ0n) is 8.56. The van der Waals surface area contributed by atoms with Crippen molar-refractivity contribution in [3.63, 3.8) is 0 Å². The first-order valence-electron chi connectivity index (χ1n) is 4.54. The second-order valence-electron chi connectivity index (χ2n) is 3.36. The van der Waals surface area contributed by atoms with Gasteiger partial charge in [0.15, 0.2) is 5.75 Å². The van der Waals surface area contributed by atoms with Crippen LogP contribution in [0.25, 0.3) is 11.0 Å². The molecule has 0 radical (unpaired) electrons. The van der Waals surface area contributed by atoms with Crippen molar-refractivity contribution in [2.24, 2.45) is 0 Å². The van der Waals surface area contributed by atoms with E-state index >= 15 is 0 Å². The smallest absolute Gasteiger partial charge is 0.336 e. The molecule has 0 fully saturated rings. The van der Waals surface area contributed by atoms with Gasteiger partial charge in [-0.1, -0.05) is 0 Å². The number of benzene rings is 1. The fourth-order valence-electron chi connectivity index (χ4n) is 1.31. The van der Waals surface area contributed by atoms with Gasteiger partial charge in [0.25, 0.3) is 0 Å². The summed E-state index contributed by atoms with van der Waals surface area (Å²) in [6, 6.07) is 8.48. The van der Waals surface area contributed by atoms with Gasteiger partial charge in [0.2, 0.25) is 0 Å². The highest BCUT2D eigenvalue weighted by Gasteiger charge is 2.01. The lowest BCUT2D eigenvalue weighted by Crippen LogP contribution is -2.15. The standard InChI is InChI=1S/C11H11NO3/c1-12(2)15-9-5-3-8-4-6-11(13)14-10(8)7-9/h3-7H,1-2H3. The summed E-state index contributed by atoms with van der Waals surface area (Å²) in [5, 5.41) is 2.45. The minimum Gasteiger partial charge on any atom is -0.423 e. The lowest BCUT2D eigenvalue weighted by atomic mass is 10.2. The first-order chi connectivity index (χ1) is 7.15. The SMILES string of the molecule is CN(C)Oc1ccc2ccc(=O)oc2c1. The van der Waals surface area contributed by atoms with Gasteiger partial charge in [-0.15, -0.1) is 0 Å². The van der Waals surface area contributed by atoms with E-state index in [4.69, 9.17) is 9.25 Å². The van der Waals surface area contributed by atoms with Crippen LogP contribution in [0, 0.1) is 0 Å². The zero-order valence-corrected chi connectivity index (χ0v) is 8.56. The van der Waals surface area contributed by atoms with Crippen LogP contribution < -0.4 is 10.5 Å². The van der Waals surface area contributed by atoms with Gasteiger partial charge in [-0.25, -0.2) is 4.79 Å². The first-order valence-corrected chi connectivity index (χ1v) is 4.54. The third kappa shape index (κ3) is 2.16. The lowest BCUT2D eigenvalue weighted by molar-refractivity contribution is -0.00317. The third-order valence-corrected chi connectivity index (χ3v) is 1.88. The van der Waals surface area contributed by atoms with Crippen molar-refractivity contribution < 1.29 is 9.25 Å². The first kappa shape index (κ1) is 9.73. The Hall–Kier alpha value is -1.81. The van der Waals surface area contributed by atoms with Crippen LogP contribution in [-0.2, 0) is 0 Å². The van der Waals surface area contributed by atoms with Gasteiger partial charge >= 0.3 is 5.63 Å². The fourth-order valence-corrected chi connectivity index (χ4v) is 1.31. The molecule has 0 atom stereocenters. The number of hydroxylamine groups is 2. The van der Waals surface area contributed by atoms with Crippen molar-refractivity contribution in [1.82, 2.24) is 5.06 Å². The molecule has 0 saturated heterocycles. The van der Waals surface area contributed by atoms with Crippen molar-refractivity contribution in [3.8, 4) is 5.75 Å². The van der Waals surface area contributed by atoms with E-state index in [2.05, 4.69) is 0 Å². The molecule has 1 aromatic heterocycles. The average Bonchev–Trinajstić information content (AvgIpc) is 2.16. The monoisotopic (exact) mass is 205 g/mol. The largest absolute Gasteiger partial charge is 0.423 e. The molecule has 15 heavy (non-hydrogen) atoms. The fraction of sp³-hybridized carbons (Fsp3) is 0.182. The summed E-state index contributed by atoms with van der Waals surface area (Å²) < 4.78 is 5.03. The van der Waals surface area contributed by atoms with Gasteiger partial charge in [-0.05, 0) is 18.2 Å². The lowest BCUT2D eigenvalue weighted by Gasteiger charge is -2.11. The van der Waals surface area contributed by atoms with E-state index in [1.54, 1.807) is 31.3 Å². The van der Waals surface area contributed by atoms with Crippen LogP contribution in [0.15, 0.2) is 39.5 Å². The molecule has 0 aliphatic rings. The number of rotatable bonds is 2. The van der Waals surface area contributed by atoms with Crippen LogP contribution in [-0.4, -0.2) is 19.2 Å². The second-order valence-corrected chi connectivity index (χ2v) is 3.36. The molecule has 4 heteroatoms. The zero-order chi connectivity index (χ0) is 10.8. The molecule has 1 heterocycles. The van der Waals surface area contributed by atoms with Gasteiger partial charge in [0.05, 0.1) is 0 Å².